The molecule has 3 aromatic rings. The number of hydrogen-bond acceptors (Lipinski definition) is 7. The summed E-state index contributed by atoms with van der Waals surface area (Å²) in [7, 11) is -3.87. The Bertz CT molecular complexity index is 1510. The molecule has 0 bridgehead atoms. The number of carbonyl (C=O) groups excluding carboxylic acids is 2. The summed E-state index contributed by atoms with van der Waals surface area (Å²) in [5, 5.41) is 0.350. The lowest BCUT2D eigenvalue weighted by molar-refractivity contribution is 0.0240. The second-order valence-corrected chi connectivity index (χ2v) is 12.1. The first kappa shape index (κ1) is 28.3. The second kappa shape index (κ2) is 10.8. The number of nitrogens with zero attached hydrogens (tertiary/aromatic N) is 3. The fraction of sp³-hybridized carbons (Fsp3) is 0.423. The normalized spacial score (nSPS) is 14.5. The predicted molar refractivity (Wildman–Crippen MR) is 144 cm³/mol. The molecule has 4 rings (SSSR count). The largest absolute Gasteiger partial charge is 0.444 e. The predicted octanol–water partition coefficient (Wildman–Crippen LogP) is 4.28. The molecule has 1 aromatic carbocycles. The van der Waals surface area contributed by atoms with Gasteiger partial charge in [0.05, 0.1) is 28.9 Å². The second-order valence-electron chi connectivity index (χ2n) is 10.3. The number of amides is 1. The molecule has 1 saturated heterocycles. The van der Waals surface area contributed by atoms with Crippen molar-refractivity contribution in [2.24, 2.45) is 0 Å². The number of H-pyrrole nitrogens is 1. The van der Waals surface area contributed by atoms with Crippen LogP contribution in [0.15, 0.2) is 30.6 Å². The molecule has 10 nitrogen and oxygen atoms in total. The van der Waals surface area contributed by atoms with E-state index in [1.807, 2.05) is 4.90 Å². The SMILES string of the molecule is CCCS(=O)(=O)Nc1ccc(F)c(C(=O)c2c[nH]c3ncc(N4CCN(C(=O)OC(C)(C)C)CC4)cc23)c1F. The quantitative estimate of drug-likeness (QED) is 0.411. The molecule has 0 spiro atoms. The highest BCUT2D eigenvalue weighted by atomic mass is 32.2. The van der Waals surface area contributed by atoms with Gasteiger partial charge in [-0.3, -0.25) is 9.52 Å². The first-order chi connectivity index (χ1) is 18.3. The first-order valence-electron chi connectivity index (χ1n) is 12.5. The summed E-state index contributed by atoms with van der Waals surface area (Å²) in [6.07, 6.45) is 2.83. The van der Waals surface area contributed by atoms with Gasteiger partial charge in [0.1, 0.15) is 17.1 Å². The molecule has 1 amide bonds. The number of piperazine rings is 1. The molecular formula is C26H31F2N5O5S. The molecule has 39 heavy (non-hydrogen) atoms. The molecule has 1 fully saturated rings. The fourth-order valence-corrected chi connectivity index (χ4v) is 5.42. The van der Waals surface area contributed by atoms with Crippen molar-refractivity contribution in [2.75, 3.05) is 41.6 Å². The number of pyridine rings is 1. The number of aromatic nitrogens is 2. The number of anilines is 2. The molecule has 0 saturated carbocycles. The maximum absolute atomic E-state index is 15.3. The van der Waals surface area contributed by atoms with Gasteiger partial charge in [0.2, 0.25) is 15.8 Å². The van der Waals surface area contributed by atoms with Crippen LogP contribution in [0.4, 0.5) is 25.0 Å². The van der Waals surface area contributed by atoms with Crippen LogP contribution in [0.1, 0.15) is 50.0 Å². The number of carbonyl (C=O) groups is 2. The van der Waals surface area contributed by atoms with Crippen LogP contribution in [0.5, 0.6) is 0 Å². The van der Waals surface area contributed by atoms with Gasteiger partial charge in [-0.25, -0.2) is 27.0 Å². The molecule has 2 aromatic heterocycles. The molecule has 210 valence electrons. The van der Waals surface area contributed by atoms with Crippen molar-refractivity contribution >= 4 is 44.3 Å². The van der Waals surface area contributed by atoms with Gasteiger partial charge in [0.15, 0.2) is 5.82 Å². The van der Waals surface area contributed by atoms with Gasteiger partial charge in [0.25, 0.3) is 0 Å². The summed E-state index contributed by atoms with van der Waals surface area (Å²) >= 11 is 0. The van der Waals surface area contributed by atoms with E-state index in [1.54, 1.807) is 44.9 Å². The molecule has 13 heteroatoms. The molecule has 2 N–H and O–H groups in total. The number of aromatic amines is 1. The van der Waals surface area contributed by atoms with E-state index in [-0.39, 0.29) is 11.3 Å². The Kier molecular flexibility index (Phi) is 7.82. The minimum absolute atomic E-state index is 0.0156. The van der Waals surface area contributed by atoms with Crippen molar-refractivity contribution < 1.29 is 31.5 Å². The van der Waals surface area contributed by atoms with Crippen LogP contribution in [0.25, 0.3) is 11.0 Å². The average Bonchev–Trinajstić information content (AvgIpc) is 3.28. The van der Waals surface area contributed by atoms with E-state index in [0.717, 1.165) is 12.1 Å². The number of hydrogen-bond donors (Lipinski definition) is 2. The standard InChI is InChI=1S/C26H31F2N5O5S/c1-5-12-39(36,37)31-20-7-6-19(27)21(22(20)28)23(34)18-15-30-24-17(18)13-16(14-29-24)32-8-10-33(11-9-32)25(35)38-26(2,3)4/h6-7,13-15,31H,5,8-12H2,1-4H3,(H,29,30). The van der Waals surface area contributed by atoms with E-state index in [2.05, 4.69) is 14.7 Å². The Labute approximate surface area is 225 Å². The van der Waals surface area contributed by atoms with E-state index in [9.17, 15) is 22.4 Å². The van der Waals surface area contributed by atoms with Crippen molar-refractivity contribution in [3.63, 3.8) is 0 Å². The highest BCUT2D eigenvalue weighted by molar-refractivity contribution is 7.92. The monoisotopic (exact) mass is 563 g/mol. The fourth-order valence-electron chi connectivity index (χ4n) is 4.29. The molecule has 0 aliphatic carbocycles. The lowest BCUT2D eigenvalue weighted by atomic mass is 10.0. The van der Waals surface area contributed by atoms with Crippen LogP contribution in [-0.4, -0.2) is 72.7 Å². The summed E-state index contributed by atoms with van der Waals surface area (Å²) in [5.74, 6) is -3.62. The number of ether oxygens (including phenoxy) is 1. The van der Waals surface area contributed by atoms with Crippen LogP contribution < -0.4 is 9.62 Å². The van der Waals surface area contributed by atoms with Crippen molar-refractivity contribution in [2.45, 2.75) is 39.7 Å². The van der Waals surface area contributed by atoms with Gasteiger partial charge in [-0.15, -0.1) is 0 Å². The minimum Gasteiger partial charge on any atom is -0.444 e. The van der Waals surface area contributed by atoms with Gasteiger partial charge in [-0.2, -0.15) is 0 Å². The van der Waals surface area contributed by atoms with Gasteiger partial charge in [0, 0.05) is 43.3 Å². The molecule has 0 radical (unpaired) electrons. The lowest BCUT2D eigenvalue weighted by Crippen LogP contribution is -2.50. The molecular weight excluding hydrogens is 532 g/mol. The maximum atomic E-state index is 15.3. The average molecular weight is 564 g/mol. The lowest BCUT2D eigenvalue weighted by Gasteiger charge is -2.36. The number of halogens is 2. The zero-order valence-corrected chi connectivity index (χ0v) is 23.0. The van der Waals surface area contributed by atoms with Crippen molar-refractivity contribution in [1.29, 1.82) is 0 Å². The van der Waals surface area contributed by atoms with E-state index in [1.165, 1.54) is 6.20 Å². The maximum Gasteiger partial charge on any atom is 0.410 e. The number of nitrogens with one attached hydrogen (secondary N) is 2. The highest BCUT2D eigenvalue weighted by Gasteiger charge is 2.28. The Morgan fingerprint density at radius 2 is 1.85 bits per heavy atom. The zero-order chi connectivity index (χ0) is 28.5. The van der Waals surface area contributed by atoms with Gasteiger partial charge >= 0.3 is 6.09 Å². The summed E-state index contributed by atoms with van der Waals surface area (Å²) in [5.41, 5.74) is -0.979. The smallest absolute Gasteiger partial charge is 0.410 e. The Morgan fingerprint density at radius 1 is 1.15 bits per heavy atom. The molecule has 0 atom stereocenters. The minimum atomic E-state index is -3.87. The number of fused-ring (bicyclic) bond motifs is 1. The van der Waals surface area contributed by atoms with Crippen LogP contribution >= 0.6 is 0 Å². The van der Waals surface area contributed by atoms with Crippen LogP contribution in [0.2, 0.25) is 0 Å². The topological polar surface area (TPSA) is 125 Å². The first-order valence-corrected chi connectivity index (χ1v) is 14.2. The van der Waals surface area contributed by atoms with Crippen LogP contribution in [0.3, 0.4) is 0 Å². The Balaban J connectivity index is 1.59. The summed E-state index contributed by atoms with van der Waals surface area (Å²) in [4.78, 5) is 36.5. The number of ketones is 1. The number of benzene rings is 1. The van der Waals surface area contributed by atoms with Crippen molar-refractivity contribution in [3.05, 3.63) is 53.4 Å². The van der Waals surface area contributed by atoms with Crippen LogP contribution in [-0.2, 0) is 14.8 Å². The van der Waals surface area contributed by atoms with E-state index in [4.69, 9.17) is 4.74 Å². The van der Waals surface area contributed by atoms with E-state index in [0.29, 0.717) is 49.3 Å². The number of rotatable bonds is 7. The third-order valence-corrected chi connectivity index (χ3v) is 7.59. The van der Waals surface area contributed by atoms with E-state index < -0.39 is 50.4 Å². The summed E-state index contributed by atoms with van der Waals surface area (Å²) in [6, 6.07) is 3.49. The molecule has 1 aliphatic heterocycles. The van der Waals surface area contributed by atoms with E-state index >= 15 is 4.39 Å². The van der Waals surface area contributed by atoms with Gasteiger partial charge in [-0.1, -0.05) is 6.92 Å². The van der Waals surface area contributed by atoms with Crippen molar-refractivity contribution in [1.82, 2.24) is 14.9 Å². The third-order valence-electron chi connectivity index (χ3n) is 6.11. The molecule has 3 heterocycles. The van der Waals surface area contributed by atoms with Crippen molar-refractivity contribution in [3.8, 4) is 0 Å². The summed E-state index contributed by atoms with van der Waals surface area (Å²) < 4.78 is 61.7. The van der Waals surface area contributed by atoms with Gasteiger partial charge < -0.3 is 19.5 Å². The highest BCUT2D eigenvalue weighted by Crippen LogP contribution is 2.29. The third kappa shape index (κ3) is 6.29. The zero-order valence-electron chi connectivity index (χ0n) is 22.2. The van der Waals surface area contributed by atoms with Gasteiger partial charge in [-0.05, 0) is 45.4 Å². The number of sulfonamides is 1. The molecule has 1 aliphatic rings. The molecule has 0 unspecified atom stereocenters. The summed E-state index contributed by atoms with van der Waals surface area (Å²) in [6.45, 7) is 8.87. The van der Waals surface area contributed by atoms with Crippen LogP contribution in [0, 0.1) is 11.6 Å². The Hall–Kier alpha value is -3.74. The Morgan fingerprint density at radius 3 is 2.49 bits per heavy atom.